The average Bonchev–Trinajstić information content (AvgIpc) is 3.06. The second-order valence-electron chi connectivity index (χ2n) is 5.54. The zero-order chi connectivity index (χ0) is 16.3. The average molecular weight is 321 g/mol. The van der Waals surface area contributed by atoms with Gasteiger partial charge in [-0.15, -0.1) is 0 Å². The van der Waals surface area contributed by atoms with Gasteiger partial charge in [-0.3, -0.25) is 4.79 Å². The number of hydrogen-bond acceptors (Lipinski definition) is 4. The summed E-state index contributed by atoms with van der Waals surface area (Å²) in [6.07, 6.45) is 2.36. The summed E-state index contributed by atoms with van der Waals surface area (Å²) < 4.78 is 28.3. The summed E-state index contributed by atoms with van der Waals surface area (Å²) in [5.41, 5.74) is 1.73. The Morgan fingerprint density at radius 3 is 2.83 bits per heavy atom. The third kappa shape index (κ3) is 3.89. The van der Waals surface area contributed by atoms with E-state index in [9.17, 15) is 13.6 Å². The molecule has 0 aliphatic carbocycles. The van der Waals surface area contributed by atoms with Crippen LogP contribution in [0.15, 0.2) is 36.9 Å². The number of aromatic nitrogens is 3. The molecule has 0 spiro atoms. The monoisotopic (exact) mass is 321 g/mol. The van der Waals surface area contributed by atoms with Crippen LogP contribution in [0, 0.1) is 0 Å². The molecule has 8 heteroatoms. The minimum absolute atomic E-state index is 0.150. The molecule has 23 heavy (non-hydrogen) atoms. The lowest BCUT2D eigenvalue weighted by Gasteiger charge is -2.29. The lowest BCUT2D eigenvalue weighted by atomic mass is 10.0. The van der Waals surface area contributed by atoms with Gasteiger partial charge in [0.15, 0.2) is 0 Å². The molecule has 1 aliphatic heterocycles. The molecule has 1 amide bonds. The van der Waals surface area contributed by atoms with Crippen LogP contribution in [-0.2, 0) is 11.3 Å². The van der Waals surface area contributed by atoms with Crippen molar-refractivity contribution in [2.45, 2.75) is 31.4 Å². The lowest BCUT2D eigenvalue weighted by Crippen LogP contribution is -2.51. The number of piperidine rings is 1. The van der Waals surface area contributed by atoms with Gasteiger partial charge in [-0.05, 0) is 17.7 Å². The molecule has 1 atom stereocenters. The highest BCUT2D eigenvalue weighted by molar-refractivity contribution is 5.81. The molecule has 1 unspecified atom stereocenters. The molecule has 6 nitrogen and oxygen atoms in total. The van der Waals surface area contributed by atoms with E-state index in [0.717, 1.165) is 11.3 Å². The quantitative estimate of drug-likeness (QED) is 0.890. The molecule has 1 aromatic heterocycles. The van der Waals surface area contributed by atoms with Gasteiger partial charge in [-0.25, -0.2) is 18.4 Å². The fraction of sp³-hybridized carbons (Fsp3) is 0.400. The van der Waals surface area contributed by atoms with E-state index in [1.807, 2.05) is 24.3 Å². The molecule has 0 bridgehead atoms. The van der Waals surface area contributed by atoms with Crippen molar-refractivity contribution >= 4 is 5.91 Å². The third-order valence-electron chi connectivity index (χ3n) is 3.79. The van der Waals surface area contributed by atoms with E-state index in [2.05, 4.69) is 20.7 Å². The summed E-state index contributed by atoms with van der Waals surface area (Å²) in [6, 6.07) is 6.56. The number of halogens is 2. The second-order valence-corrected chi connectivity index (χ2v) is 5.54. The van der Waals surface area contributed by atoms with Gasteiger partial charge in [0, 0.05) is 25.9 Å². The van der Waals surface area contributed by atoms with Gasteiger partial charge in [0.25, 0.3) is 5.92 Å². The summed E-state index contributed by atoms with van der Waals surface area (Å²) in [5.74, 6) is -3.17. The van der Waals surface area contributed by atoms with Crippen molar-refractivity contribution in [2.24, 2.45) is 0 Å². The Labute approximate surface area is 131 Å². The van der Waals surface area contributed by atoms with Crippen LogP contribution in [0.3, 0.4) is 0 Å². The first-order valence-corrected chi connectivity index (χ1v) is 7.36. The smallest absolute Gasteiger partial charge is 0.251 e. The van der Waals surface area contributed by atoms with E-state index in [4.69, 9.17) is 0 Å². The number of carbonyl (C=O) groups excluding carboxylic acids is 1. The predicted molar refractivity (Wildman–Crippen MR) is 79.2 cm³/mol. The van der Waals surface area contributed by atoms with Gasteiger partial charge in [0.2, 0.25) is 5.91 Å². The lowest BCUT2D eigenvalue weighted by molar-refractivity contribution is -0.128. The molecule has 1 saturated heterocycles. The molecular weight excluding hydrogens is 304 g/mol. The van der Waals surface area contributed by atoms with Crippen molar-refractivity contribution in [2.75, 3.05) is 6.54 Å². The second kappa shape index (κ2) is 6.41. The fourth-order valence-electron chi connectivity index (χ4n) is 2.51. The minimum atomic E-state index is -2.77. The maximum atomic E-state index is 13.3. The van der Waals surface area contributed by atoms with Gasteiger partial charge < -0.3 is 10.6 Å². The van der Waals surface area contributed by atoms with E-state index >= 15 is 0 Å². The first kappa shape index (κ1) is 15.5. The Morgan fingerprint density at radius 2 is 2.17 bits per heavy atom. The number of amides is 1. The number of benzene rings is 1. The molecule has 3 rings (SSSR count). The number of nitrogens with one attached hydrogen (secondary N) is 2. The first-order valence-electron chi connectivity index (χ1n) is 7.36. The Balaban J connectivity index is 1.55. The van der Waals surface area contributed by atoms with Gasteiger partial charge in [-0.2, -0.15) is 5.10 Å². The predicted octanol–water partition coefficient (Wildman–Crippen LogP) is 1.27. The minimum Gasteiger partial charge on any atom is -0.351 e. The third-order valence-corrected chi connectivity index (χ3v) is 3.79. The molecule has 1 aromatic carbocycles. The Hall–Kier alpha value is -2.35. The van der Waals surface area contributed by atoms with Gasteiger partial charge in [0.05, 0.1) is 11.7 Å². The van der Waals surface area contributed by atoms with Crippen LogP contribution in [0.2, 0.25) is 0 Å². The Morgan fingerprint density at radius 1 is 1.39 bits per heavy atom. The van der Waals surface area contributed by atoms with Crippen molar-refractivity contribution in [1.82, 2.24) is 25.4 Å². The number of hydrogen-bond donors (Lipinski definition) is 2. The van der Waals surface area contributed by atoms with Crippen LogP contribution in [0.4, 0.5) is 8.78 Å². The normalized spacial score (nSPS) is 20.2. The highest BCUT2D eigenvalue weighted by Gasteiger charge is 2.38. The van der Waals surface area contributed by atoms with E-state index in [0.29, 0.717) is 6.54 Å². The standard InChI is InChI=1S/C15H17F2N5O/c16-15(17)5-6-19-13(7-15)14(23)20-8-11-1-3-12(4-2-11)22-10-18-9-21-22/h1-4,9-10,13,19H,5-8H2,(H,20,23). The summed E-state index contributed by atoms with van der Waals surface area (Å²) in [7, 11) is 0. The van der Waals surface area contributed by atoms with Crippen molar-refractivity contribution in [3.8, 4) is 5.69 Å². The SMILES string of the molecule is O=C(NCc1ccc(-n2cncn2)cc1)C1CC(F)(F)CCN1. The van der Waals surface area contributed by atoms with Crippen LogP contribution < -0.4 is 10.6 Å². The molecular formula is C15H17F2N5O. The zero-order valence-electron chi connectivity index (χ0n) is 12.4. The molecule has 0 radical (unpaired) electrons. The largest absolute Gasteiger partial charge is 0.351 e. The molecule has 0 saturated carbocycles. The zero-order valence-corrected chi connectivity index (χ0v) is 12.4. The van der Waals surface area contributed by atoms with E-state index in [1.54, 1.807) is 11.0 Å². The molecule has 2 aromatic rings. The Bertz CT molecular complexity index is 657. The van der Waals surface area contributed by atoms with E-state index in [1.165, 1.54) is 6.33 Å². The molecule has 2 N–H and O–H groups in total. The highest BCUT2D eigenvalue weighted by Crippen LogP contribution is 2.27. The molecule has 2 heterocycles. The van der Waals surface area contributed by atoms with Crippen molar-refractivity contribution < 1.29 is 13.6 Å². The number of carbonyl (C=O) groups is 1. The van der Waals surface area contributed by atoms with Crippen LogP contribution >= 0.6 is 0 Å². The molecule has 1 fully saturated rings. The first-order chi connectivity index (χ1) is 11.0. The number of alkyl halides is 2. The fourth-order valence-corrected chi connectivity index (χ4v) is 2.51. The summed E-state index contributed by atoms with van der Waals surface area (Å²) in [5, 5.41) is 9.54. The summed E-state index contributed by atoms with van der Waals surface area (Å²) >= 11 is 0. The van der Waals surface area contributed by atoms with Crippen molar-refractivity contribution in [3.63, 3.8) is 0 Å². The van der Waals surface area contributed by atoms with Gasteiger partial charge in [-0.1, -0.05) is 12.1 Å². The van der Waals surface area contributed by atoms with Crippen LogP contribution in [0.25, 0.3) is 5.69 Å². The highest BCUT2D eigenvalue weighted by atomic mass is 19.3. The van der Waals surface area contributed by atoms with Gasteiger partial charge >= 0.3 is 0 Å². The van der Waals surface area contributed by atoms with Crippen LogP contribution in [0.1, 0.15) is 18.4 Å². The number of nitrogens with zero attached hydrogens (tertiary/aromatic N) is 3. The maximum Gasteiger partial charge on any atom is 0.251 e. The number of rotatable bonds is 4. The van der Waals surface area contributed by atoms with Gasteiger partial charge in [0.1, 0.15) is 12.7 Å². The maximum absolute atomic E-state index is 13.3. The van der Waals surface area contributed by atoms with Crippen molar-refractivity contribution in [3.05, 3.63) is 42.5 Å². The topological polar surface area (TPSA) is 71.8 Å². The van der Waals surface area contributed by atoms with E-state index < -0.39 is 24.3 Å². The molecule has 122 valence electrons. The van der Waals surface area contributed by atoms with E-state index in [-0.39, 0.29) is 13.0 Å². The summed E-state index contributed by atoms with van der Waals surface area (Å²) in [6.45, 7) is 0.442. The van der Waals surface area contributed by atoms with Crippen LogP contribution in [0.5, 0.6) is 0 Å². The summed E-state index contributed by atoms with van der Waals surface area (Å²) in [4.78, 5) is 15.9. The Kier molecular flexibility index (Phi) is 4.33. The molecule has 1 aliphatic rings. The van der Waals surface area contributed by atoms with Crippen molar-refractivity contribution in [1.29, 1.82) is 0 Å². The van der Waals surface area contributed by atoms with Crippen LogP contribution in [-0.4, -0.2) is 39.2 Å².